The number of aryl methyl sites for hydroxylation is 2. The van der Waals surface area contributed by atoms with Gasteiger partial charge in [-0.05, 0) is 42.9 Å². The molecule has 0 unspecified atom stereocenters. The van der Waals surface area contributed by atoms with E-state index in [-0.39, 0.29) is 11.6 Å². The van der Waals surface area contributed by atoms with Crippen LogP contribution in [0.1, 0.15) is 55.1 Å². The van der Waals surface area contributed by atoms with E-state index in [1.165, 1.54) is 16.7 Å². The quantitative estimate of drug-likeness (QED) is 0.922. The molecular weight excluding hydrogens is 300 g/mol. The summed E-state index contributed by atoms with van der Waals surface area (Å²) in [6.45, 7) is 5.26. The number of ether oxygens (including phenoxy) is 1. The van der Waals surface area contributed by atoms with E-state index < -0.39 is 0 Å². The van der Waals surface area contributed by atoms with Gasteiger partial charge in [0.2, 0.25) is 0 Å². The summed E-state index contributed by atoms with van der Waals surface area (Å²) >= 11 is 0. The van der Waals surface area contributed by atoms with Crippen molar-refractivity contribution in [2.24, 2.45) is 7.05 Å². The molecule has 0 radical (unpaired) electrons. The lowest BCUT2D eigenvalue weighted by Crippen LogP contribution is -2.50. The number of piperidine rings is 1. The van der Waals surface area contributed by atoms with Gasteiger partial charge in [0, 0.05) is 25.7 Å². The Labute approximate surface area is 143 Å². The van der Waals surface area contributed by atoms with E-state index >= 15 is 0 Å². The van der Waals surface area contributed by atoms with Crippen LogP contribution in [0, 0.1) is 0 Å². The molecule has 5 nitrogen and oxygen atoms in total. The van der Waals surface area contributed by atoms with Gasteiger partial charge >= 0.3 is 0 Å². The molecule has 3 atom stereocenters. The normalized spacial score (nSPS) is 29.6. The van der Waals surface area contributed by atoms with Gasteiger partial charge in [0.1, 0.15) is 0 Å². The summed E-state index contributed by atoms with van der Waals surface area (Å²) in [5.74, 6) is 0. The van der Waals surface area contributed by atoms with E-state index in [2.05, 4.69) is 47.7 Å². The number of benzene rings is 1. The lowest BCUT2D eigenvalue weighted by Gasteiger charge is -2.47. The predicted octanol–water partition coefficient (Wildman–Crippen LogP) is 2.66. The summed E-state index contributed by atoms with van der Waals surface area (Å²) < 4.78 is 8.24. The lowest BCUT2D eigenvalue weighted by atomic mass is 9.74. The molecule has 24 heavy (non-hydrogen) atoms. The molecule has 1 spiro atoms. The van der Waals surface area contributed by atoms with Gasteiger partial charge in [-0.25, -0.2) is 0 Å². The van der Waals surface area contributed by atoms with Crippen LogP contribution in [-0.2, 0) is 30.2 Å². The van der Waals surface area contributed by atoms with Crippen molar-refractivity contribution in [2.75, 3.05) is 6.61 Å². The third-order valence-electron chi connectivity index (χ3n) is 5.46. The number of rotatable bonds is 2. The van der Waals surface area contributed by atoms with Crippen LogP contribution in [0.3, 0.4) is 0 Å². The van der Waals surface area contributed by atoms with E-state index in [0.29, 0.717) is 6.04 Å². The lowest BCUT2D eigenvalue weighted by molar-refractivity contribution is -0.0987. The maximum Gasteiger partial charge on any atom is 0.0997 e. The molecule has 1 aromatic carbocycles. The second kappa shape index (κ2) is 5.97. The zero-order chi connectivity index (χ0) is 16.7. The number of hydrogen-bond donors (Lipinski definition) is 1. The number of hydrogen-bond acceptors (Lipinski definition) is 4. The third kappa shape index (κ3) is 2.66. The minimum atomic E-state index is -0.203. The van der Waals surface area contributed by atoms with Gasteiger partial charge in [-0.15, -0.1) is 5.10 Å². The zero-order valence-electron chi connectivity index (χ0n) is 14.7. The standard InChI is InChI=1S/C19H26N4O/c1-4-14-5-6-15-7-8-24-19(16(15)9-14)10-13(2)20-17(11-19)18-12-23(3)22-21-18/h5-6,9,12-13,17,20H,4,7-8,10-11H2,1-3H3/t13-,17-,19-/m0/s1. The van der Waals surface area contributed by atoms with Crippen LogP contribution in [0.15, 0.2) is 24.4 Å². The maximum atomic E-state index is 6.47. The van der Waals surface area contributed by atoms with Crippen molar-refractivity contribution in [3.05, 3.63) is 46.8 Å². The van der Waals surface area contributed by atoms with Gasteiger partial charge in [0.15, 0.2) is 0 Å². The monoisotopic (exact) mass is 326 g/mol. The average molecular weight is 326 g/mol. The first kappa shape index (κ1) is 15.8. The van der Waals surface area contributed by atoms with Crippen LogP contribution in [0.25, 0.3) is 0 Å². The Kier molecular flexibility index (Phi) is 3.93. The van der Waals surface area contributed by atoms with Crippen LogP contribution in [0.4, 0.5) is 0 Å². The second-order valence-corrected chi connectivity index (χ2v) is 7.28. The first-order valence-electron chi connectivity index (χ1n) is 8.98. The molecule has 5 heteroatoms. The summed E-state index contributed by atoms with van der Waals surface area (Å²) in [4.78, 5) is 0. The van der Waals surface area contributed by atoms with Crippen LogP contribution in [-0.4, -0.2) is 27.6 Å². The van der Waals surface area contributed by atoms with E-state index in [1.54, 1.807) is 4.68 Å². The number of aromatic nitrogens is 3. The molecule has 1 saturated heterocycles. The van der Waals surface area contributed by atoms with E-state index in [4.69, 9.17) is 4.74 Å². The Morgan fingerprint density at radius 3 is 3.00 bits per heavy atom. The van der Waals surface area contributed by atoms with Crippen LogP contribution in [0.2, 0.25) is 0 Å². The van der Waals surface area contributed by atoms with Gasteiger partial charge in [-0.2, -0.15) is 0 Å². The minimum absolute atomic E-state index is 0.179. The minimum Gasteiger partial charge on any atom is -0.370 e. The van der Waals surface area contributed by atoms with Crippen LogP contribution >= 0.6 is 0 Å². The number of fused-ring (bicyclic) bond motifs is 2. The summed E-state index contributed by atoms with van der Waals surface area (Å²) in [6.07, 6.45) is 6.00. The largest absolute Gasteiger partial charge is 0.370 e. The molecule has 2 aromatic rings. The van der Waals surface area contributed by atoms with Crippen molar-refractivity contribution in [2.45, 2.75) is 57.2 Å². The Morgan fingerprint density at radius 2 is 2.25 bits per heavy atom. The van der Waals surface area contributed by atoms with Crippen molar-refractivity contribution in [1.82, 2.24) is 20.3 Å². The van der Waals surface area contributed by atoms with Gasteiger partial charge in [0.05, 0.1) is 23.9 Å². The van der Waals surface area contributed by atoms with Crippen molar-refractivity contribution in [3.8, 4) is 0 Å². The van der Waals surface area contributed by atoms with Crippen LogP contribution < -0.4 is 5.32 Å². The summed E-state index contributed by atoms with van der Waals surface area (Å²) in [5.41, 5.74) is 5.04. The first-order valence-corrected chi connectivity index (χ1v) is 8.98. The second-order valence-electron chi connectivity index (χ2n) is 7.28. The van der Waals surface area contributed by atoms with Crippen molar-refractivity contribution < 1.29 is 4.74 Å². The fourth-order valence-corrected chi connectivity index (χ4v) is 4.34. The summed E-state index contributed by atoms with van der Waals surface area (Å²) in [5, 5.41) is 12.1. The van der Waals surface area contributed by atoms with Gasteiger partial charge in [0.25, 0.3) is 0 Å². The molecule has 0 saturated carbocycles. The van der Waals surface area contributed by atoms with E-state index in [1.807, 2.05) is 13.2 Å². The van der Waals surface area contributed by atoms with Crippen molar-refractivity contribution in [1.29, 1.82) is 0 Å². The predicted molar refractivity (Wildman–Crippen MR) is 92.7 cm³/mol. The Balaban J connectivity index is 1.74. The average Bonchev–Trinajstić information content (AvgIpc) is 3.01. The molecule has 2 aliphatic rings. The zero-order valence-corrected chi connectivity index (χ0v) is 14.7. The molecule has 128 valence electrons. The fraction of sp³-hybridized carbons (Fsp3) is 0.579. The van der Waals surface area contributed by atoms with Gasteiger partial charge < -0.3 is 10.1 Å². The van der Waals surface area contributed by atoms with Crippen molar-refractivity contribution >= 4 is 0 Å². The number of nitrogens with zero attached hydrogens (tertiary/aromatic N) is 3. The number of nitrogens with one attached hydrogen (secondary N) is 1. The van der Waals surface area contributed by atoms with Gasteiger partial charge in [-0.3, -0.25) is 4.68 Å². The maximum absolute atomic E-state index is 6.47. The molecule has 4 rings (SSSR count). The van der Waals surface area contributed by atoms with Crippen molar-refractivity contribution in [3.63, 3.8) is 0 Å². The van der Waals surface area contributed by atoms with Crippen LogP contribution in [0.5, 0.6) is 0 Å². The Bertz CT molecular complexity index is 741. The van der Waals surface area contributed by atoms with E-state index in [9.17, 15) is 0 Å². The molecule has 0 amide bonds. The van der Waals surface area contributed by atoms with Gasteiger partial charge in [-0.1, -0.05) is 30.3 Å². The highest BCUT2D eigenvalue weighted by molar-refractivity contribution is 5.39. The molecule has 0 aliphatic carbocycles. The third-order valence-corrected chi connectivity index (χ3v) is 5.46. The Morgan fingerprint density at radius 1 is 1.38 bits per heavy atom. The summed E-state index contributed by atoms with van der Waals surface area (Å²) in [6, 6.07) is 7.51. The molecule has 1 aromatic heterocycles. The first-order chi connectivity index (χ1) is 11.6. The SMILES string of the molecule is CCc1ccc2c(c1)[C@]1(C[C@@H](c3cn(C)nn3)N[C@@H](C)C1)OCC2. The molecular formula is C19H26N4O. The smallest absolute Gasteiger partial charge is 0.0997 e. The topological polar surface area (TPSA) is 52.0 Å². The molecule has 2 aliphatic heterocycles. The highest BCUT2D eigenvalue weighted by atomic mass is 16.5. The highest BCUT2D eigenvalue weighted by Gasteiger charge is 2.45. The van der Waals surface area contributed by atoms with E-state index in [0.717, 1.165) is 38.0 Å². The molecule has 3 heterocycles. The molecule has 0 bridgehead atoms. The molecule has 1 N–H and O–H groups in total. The fourth-order valence-electron chi connectivity index (χ4n) is 4.34. The molecule has 1 fully saturated rings. The Hall–Kier alpha value is -1.72. The highest BCUT2D eigenvalue weighted by Crippen LogP contribution is 2.46. The summed E-state index contributed by atoms with van der Waals surface area (Å²) in [7, 11) is 1.92.